The lowest BCUT2D eigenvalue weighted by molar-refractivity contribution is -0.147. The molecule has 134 valence electrons. The number of carbonyl (C=O) groups is 3. The van der Waals surface area contributed by atoms with Crippen LogP contribution in [0, 0.1) is 11.8 Å². The van der Waals surface area contributed by atoms with Crippen molar-refractivity contribution in [2.75, 3.05) is 17.3 Å². The summed E-state index contributed by atoms with van der Waals surface area (Å²) in [6, 6.07) is 5.42. The highest BCUT2D eigenvalue weighted by atomic mass is 16.4. The number of anilines is 2. The van der Waals surface area contributed by atoms with Crippen molar-refractivity contribution in [3.63, 3.8) is 0 Å². The Morgan fingerprint density at radius 3 is 2.48 bits per heavy atom. The van der Waals surface area contributed by atoms with Crippen molar-refractivity contribution < 1.29 is 19.5 Å². The summed E-state index contributed by atoms with van der Waals surface area (Å²) in [7, 11) is 1.74. The average Bonchev–Trinajstić information content (AvgIpc) is 2.75. The number of nitrogens with one attached hydrogen (secondary N) is 1. The molecule has 6 nitrogen and oxygen atoms in total. The van der Waals surface area contributed by atoms with Crippen molar-refractivity contribution >= 4 is 29.2 Å². The monoisotopic (exact) mass is 344 g/mol. The summed E-state index contributed by atoms with van der Waals surface area (Å²) in [5.41, 5.74) is 1.68. The fourth-order valence-electron chi connectivity index (χ4n) is 4.03. The van der Waals surface area contributed by atoms with Crippen LogP contribution in [0.15, 0.2) is 18.2 Å². The van der Waals surface area contributed by atoms with E-state index in [9.17, 15) is 19.5 Å². The van der Waals surface area contributed by atoms with E-state index in [0.29, 0.717) is 18.5 Å². The van der Waals surface area contributed by atoms with Crippen molar-refractivity contribution in [1.82, 2.24) is 0 Å². The van der Waals surface area contributed by atoms with Crippen molar-refractivity contribution in [2.45, 2.75) is 44.9 Å². The summed E-state index contributed by atoms with van der Waals surface area (Å²) in [5.74, 6) is -2.25. The standard InChI is InChI=1S/C19H24N2O4/c1-19(2)14-10-11(8-9-15(14)21(3)18(19)25)20-16(22)12-6-4-5-7-13(12)17(23)24/h8-10,12-13H,4-7H2,1-3H3,(H,20,22)(H,23,24)/t12-,13-/m1/s1. The van der Waals surface area contributed by atoms with Gasteiger partial charge in [-0.15, -0.1) is 0 Å². The normalized spacial score (nSPS) is 24.8. The third kappa shape index (κ3) is 2.90. The Morgan fingerprint density at radius 1 is 1.20 bits per heavy atom. The van der Waals surface area contributed by atoms with Crippen LogP contribution in [0.2, 0.25) is 0 Å². The van der Waals surface area contributed by atoms with E-state index < -0.39 is 23.2 Å². The molecule has 2 N–H and O–H groups in total. The molecule has 0 bridgehead atoms. The van der Waals surface area contributed by atoms with E-state index in [1.165, 1.54) is 0 Å². The highest BCUT2D eigenvalue weighted by molar-refractivity contribution is 6.08. The Morgan fingerprint density at radius 2 is 1.84 bits per heavy atom. The number of nitrogens with zero attached hydrogens (tertiary/aromatic N) is 1. The molecule has 0 radical (unpaired) electrons. The first-order chi connectivity index (χ1) is 11.7. The number of carboxylic acids is 1. The molecular formula is C19H24N2O4. The third-order valence-corrected chi connectivity index (χ3v) is 5.56. The van der Waals surface area contributed by atoms with Crippen molar-refractivity contribution in [2.24, 2.45) is 11.8 Å². The van der Waals surface area contributed by atoms with Crippen molar-refractivity contribution in [3.8, 4) is 0 Å². The lowest BCUT2D eigenvalue weighted by atomic mass is 9.78. The van der Waals surface area contributed by atoms with E-state index in [1.807, 2.05) is 26.0 Å². The number of fused-ring (bicyclic) bond motifs is 1. The number of carboxylic acid groups (broad SMARTS) is 1. The van der Waals surface area contributed by atoms with Gasteiger partial charge >= 0.3 is 5.97 Å². The highest BCUT2D eigenvalue weighted by Gasteiger charge is 2.42. The van der Waals surface area contributed by atoms with E-state index in [1.54, 1.807) is 18.0 Å². The largest absolute Gasteiger partial charge is 0.481 e. The highest BCUT2D eigenvalue weighted by Crippen LogP contribution is 2.42. The predicted octanol–water partition coefficient (Wildman–Crippen LogP) is 2.77. The number of aliphatic carboxylic acids is 1. The smallest absolute Gasteiger partial charge is 0.307 e. The third-order valence-electron chi connectivity index (χ3n) is 5.56. The SMILES string of the molecule is CN1C(=O)C(C)(C)c2cc(NC(=O)[C@@H]3CCCC[C@H]3C(=O)O)ccc21. The molecule has 1 aliphatic heterocycles. The van der Waals surface area contributed by atoms with Gasteiger partial charge in [-0.3, -0.25) is 14.4 Å². The molecule has 2 amide bonds. The van der Waals surface area contributed by atoms with Crippen LogP contribution in [0.5, 0.6) is 0 Å². The molecule has 0 spiro atoms. The first-order valence-electron chi connectivity index (χ1n) is 8.70. The van der Waals surface area contributed by atoms with Crippen LogP contribution in [0.25, 0.3) is 0 Å². The van der Waals surface area contributed by atoms with Gasteiger partial charge in [0.2, 0.25) is 11.8 Å². The molecule has 0 saturated heterocycles. The average molecular weight is 344 g/mol. The second-order valence-corrected chi connectivity index (χ2v) is 7.55. The summed E-state index contributed by atoms with van der Waals surface area (Å²) < 4.78 is 0. The molecule has 1 saturated carbocycles. The van der Waals surface area contributed by atoms with Crippen LogP contribution in [0.4, 0.5) is 11.4 Å². The van der Waals surface area contributed by atoms with E-state index >= 15 is 0 Å². The van der Waals surface area contributed by atoms with Gasteiger partial charge in [-0.2, -0.15) is 0 Å². The molecule has 1 aromatic rings. The number of benzene rings is 1. The quantitative estimate of drug-likeness (QED) is 0.883. The molecular weight excluding hydrogens is 320 g/mol. The van der Waals surface area contributed by atoms with Gasteiger partial charge < -0.3 is 15.3 Å². The zero-order chi connectivity index (χ0) is 18.4. The van der Waals surface area contributed by atoms with Gasteiger partial charge in [0.15, 0.2) is 0 Å². The van der Waals surface area contributed by atoms with Gasteiger partial charge in [-0.05, 0) is 50.5 Å². The maximum absolute atomic E-state index is 12.6. The summed E-state index contributed by atoms with van der Waals surface area (Å²) in [6.07, 6.45) is 2.87. The van der Waals surface area contributed by atoms with Gasteiger partial charge in [-0.1, -0.05) is 12.8 Å². The van der Waals surface area contributed by atoms with Crippen LogP contribution < -0.4 is 10.2 Å². The van der Waals surface area contributed by atoms with Gasteiger partial charge in [0.1, 0.15) is 0 Å². The fourth-order valence-corrected chi connectivity index (χ4v) is 4.03. The minimum absolute atomic E-state index is 0.0178. The molecule has 2 aliphatic rings. The molecule has 1 heterocycles. The summed E-state index contributed by atoms with van der Waals surface area (Å²) in [6.45, 7) is 3.73. The fraction of sp³-hybridized carbons (Fsp3) is 0.526. The van der Waals surface area contributed by atoms with Crippen LogP contribution in [-0.2, 0) is 19.8 Å². The predicted molar refractivity (Wildman–Crippen MR) is 94.6 cm³/mol. The number of hydrogen-bond donors (Lipinski definition) is 2. The number of hydrogen-bond acceptors (Lipinski definition) is 3. The van der Waals surface area contributed by atoms with Gasteiger partial charge in [0.25, 0.3) is 0 Å². The van der Waals surface area contributed by atoms with Gasteiger partial charge in [0.05, 0.1) is 17.3 Å². The summed E-state index contributed by atoms with van der Waals surface area (Å²) >= 11 is 0. The second kappa shape index (κ2) is 6.17. The number of amides is 2. The Hall–Kier alpha value is -2.37. The Kier molecular flexibility index (Phi) is 4.31. The van der Waals surface area contributed by atoms with E-state index in [-0.39, 0.29) is 11.8 Å². The van der Waals surface area contributed by atoms with E-state index in [4.69, 9.17) is 0 Å². The van der Waals surface area contributed by atoms with Crippen molar-refractivity contribution in [3.05, 3.63) is 23.8 Å². The van der Waals surface area contributed by atoms with Crippen LogP contribution in [0.1, 0.15) is 45.1 Å². The zero-order valence-corrected chi connectivity index (χ0v) is 14.8. The topological polar surface area (TPSA) is 86.7 Å². The summed E-state index contributed by atoms with van der Waals surface area (Å²) in [5, 5.41) is 12.2. The maximum atomic E-state index is 12.6. The van der Waals surface area contributed by atoms with E-state index in [2.05, 4.69) is 5.32 Å². The Labute approximate surface area is 147 Å². The van der Waals surface area contributed by atoms with Gasteiger partial charge in [-0.25, -0.2) is 0 Å². The van der Waals surface area contributed by atoms with Gasteiger partial charge in [0, 0.05) is 18.4 Å². The molecule has 3 rings (SSSR count). The minimum Gasteiger partial charge on any atom is -0.481 e. The minimum atomic E-state index is -0.901. The molecule has 6 heteroatoms. The molecule has 1 fully saturated rings. The zero-order valence-electron chi connectivity index (χ0n) is 14.8. The molecule has 1 aromatic carbocycles. The number of likely N-dealkylation sites (N-methyl/N-ethyl adjacent to an activating group) is 1. The maximum Gasteiger partial charge on any atom is 0.307 e. The van der Waals surface area contributed by atoms with Crippen LogP contribution in [-0.4, -0.2) is 29.9 Å². The number of rotatable bonds is 3. The molecule has 1 aliphatic carbocycles. The molecule has 0 aromatic heterocycles. The lowest BCUT2D eigenvalue weighted by Gasteiger charge is -2.27. The van der Waals surface area contributed by atoms with Crippen LogP contribution in [0.3, 0.4) is 0 Å². The Bertz CT molecular complexity index is 741. The molecule has 2 atom stereocenters. The first kappa shape index (κ1) is 17.5. The Balaban J connectivity index is 1.83. The second-order valence-electron chi connectivity index (χ2n) is 7.55. The lowest BCUT2D eigenvalue weighted by Crippen LogP contribution is -2.36. The van der Waals surface area contributed by atoms with Crippen molar-refractivity contribution in [1.29, 1.82) is 0 Å². The summed E-state index contributed by atoms with van der Waals surface area (Å²) in [4.78, 5) is 38.0. The first-order valence-corrected chi connectivity index (χ1v) is 8.70. The van der Waals surface area contributed by atoms with Crippen LogP contribution >= 0.6 is 0 Å². The van der Waals surface area contributed by atoms with E-state index in [0.717, 1.165) is 24.1 Å². The number of carbonyl (C=O) groups excluding carboxylic acids is 2. The molecule has 0 unspecified atom stereocenters. The molecule has 25 heavy (non-hydrogen) atoms.